The third-order valence-electron chi connectivity index (χ3n) is 1.62. The highest BCUT2D eigenvalue weighted by atomic mass is 16.5. The molecule has 0 radical (unpaired) electrons. The number of rotatable bonds is 1. The lowest BCUT2D eigenvalue weighted by Crippen LogP contribution is -2.09. The van der Waals surface area contributed by atoms with Crippen LogP contribution in [0, 0.1) is 0 Å². The fraction of sp³-hybridized carbons (Fsp3) is 0.375. The van der Waals surface area contributed by atoms with Gasteiger partial charge < -0.3 is 9.84 Å². The summed E-state index contributed by atoms with van der Waals surface area (Å²) in [5, 5.41) is 8.62. The second kappa shape index (κ2) is 3.23. The summed E-state index contributed by atoms with van der Waals surface area (Å²) < 4.78 is 4.80. The van der Waals surface area contributed by atoms with Crippen molar-refractivity contribution in [2.24, 2.45) is 0 Å². The average molecular weight is 154 g/mol. The van der Waals surface area contributed by atoms with E-state index in [1.165, 1.54) is 7.11 Å². The minimum Gasteiger partial charge on any atom is -0.515 e. The molecule has 60 valence electrons. The molecule has 0 aromatic rings. The Hall–Kier alpha value is -1.25. The van der Waals surface area contributed by atoms with Crippen molar-refractivity contribution in [3.05, 3.63) is 23.7 Å². The van der Waals surface area contributed by atoms with E-state index in [0.717, 1.165) is 11.8 Å². The van der Waals surface area contributed by atoms with E-state index >= 15 is 0 Å². The molecule has 0 heterocycles. The maximum absolute atomic E-state index is 11.0. The fourth-order valence-electron chi connectivity index (χ4n) is 0.977. The van der Waals surface area contributed by atoms with Gasteiger partial charge in [0.05, 0.1) is 13.4 Å². The molecular weight excluding hydrogens is 144 g/mol. The zero-order chi connectivity index (χ0) is 8.27. The quantitative estimate of drug-likeness (QED) is 0.579. The van der Waals surface area contributed by atoms with E-state index in [1.807, 2.05) is 0 Å². The summed E-state index contributed by atoms with van der Waals surface area (Å²) in [6, 6.07) is 0. The Morgan fingerprint density at radius 1 is 1.64 bits per heavy atom. The van der Waals surface area contributed by atoms with Gasteiger partial charge in [-0.2, -0.15) is 0 Å². The van der Waals surface area contributed by atoms with Crippen LogP contribution in [0.25, 0.3) is 0 Å². The smallest absolute Gasteiger partial charge is 0.197 e. The summed E-state index contributed by atoms with van der Waals surface area (Å²) in [5.74, 6) is 0.328. The van der Waals surface area contributed by atoms with Crippen LogP contribution in [0.1, 0.15) is 12.8 Å². The van der Waals surface area contributed by atoms with Crippen LogP contribution in [0.4, 0.5) is 0 Å². The molecule has 0 fully saturated rings. The lowest BCUT2D eigenvalue weighted by molar-refractivity contribution is -0.118. The van der Waals surface area contributed by atoms with Crippen LogP contribution in [0.2, 0.25) is 0 Å². The van der Waals surface area contributed by atoms with Gasteiger partial charge >= 0.3 is 0 Å². The van der Waals surface area contributed by atoms with E-state index in [9.17, 15) is 4.79 Å². The monoisotopic (exact) mass is 154 g/mol. The van der Waals surface area contributed by atoms with Crippen molar-refractivity contribution < 1.29 is 14.6 Å². The van der Waals surface area contributed by atoms with E-state index in [2.05, 4.69) is 0 Å². The van der Waals surface area contributed by atoms with Gasteiger partial charge in [0.2, 0.25) is 0 Å². The lowest BCUT2D eigenvalue weighted by atomic mass is 10.0. The molecule has 3 nitrogen and oxygen atoms in total. The zero-order valence-electron chi connectivity index (χ0n) is 6.33. The molecule has 3 heteroatoms. The molecule has 0 aromatic carbocycles. The minimum atomic E-state index is -0.00176. The normalized spacial score (nSPS) is 21.7. The standard InChI is InChI=1S/C8H10O3/c1-11-8-4-6(5-9)2-3-7(8)10/h4-5,9H,2-3H2,1H3. The Balaban J connectivity index is 2.85. The van der Waals surface area contributed by atoms with Gasteiger partial charge in [-0.05, 0) is 18.1 Å². The van der Waals surface area contributed by atoms with Gasteiger partial charge in [-0.25, -0.2) is 0 Å². The number of hydrogen-bond donors (Lipinski definition) is 1. The summed E-state index contributed by atoms with van der Waals surface area (Å²) >= 11 is 0. The number of methoxy groups -OCH3 is 1. The molecule has 0 unspecified atom stereocenters. The Morgan fingerprint density at radius 3 is 2.91 bits per heavy atom. The molecule has 11 heavy (non-hydrogen) atoms. The molecule has 0 saturated carbocycles. The number of carbonyl (C=O) groups excluding carboxylic acids is 1. The first-order chi connectivity index (χ1) is 5.27. The summed E-state index contributed by atoms with van der Waals surface area (Å²) in [6.07, 6.45) is 3.59. The van der Waals surface area contributed by atoms with Gasteiger partial charge in [0.1, 0.15) is 0 Å². The van der Waals surface area contributed by atoms with E-state index < -0.39 is 0 Å². The number of allylic oxidation sites excluding steroid dienone is 3. The van der Waals surface area contributed by atoms with Gasteiger partial charge in [-0.3, -0.25) is 4.79 Å². The number of carbonyl (C=O) groups is 1. The molecule has 1 N–H and O–H groups in total. The maximum Gasteiger partial charge on any atom is 0.197 e. The first kappa shape index (κ1) is 7.85. The van der Waals surface area contributed by atoms with Crippen molar-refractivity contribution >= 4 is 5.78 Å². The van der Waals surface area contributed by atoms with Gasteiger partial charge in [-0.1, -0.05) is 0 Å². The van der Waals surface area contributed by atoms with Crippen molar-refractivity contribution in [1.29, 1.82) is 0 Å². The Labute approximate surface area is 65.0 Å². The molecule has 0 aliphatic heterocycles. The highest BCUT2D eigenvalue weighted by Crippen LogP contribution is 2.18. The molecule has 0 spiro atoms. The predicted octanol–water partition coefficient (Wildman–Crippen LogP) is 1.32. The van der Waals surface area contributed by atoms with Crippen molar-refractivity contribution in [2.75, 3.05) is 7.11 Å². The van der Waals surface area contributed by atoms with Crippen molar-refractivity contribution in [3.8, 4) is 0 Å². The molecule has 0 bridgehead atoms. The van der Waals surface area contributed by atoms with Crippen molar-refractivity contribution in [2.45, 2.75) is 12.8 Å². The third-order valence-corrected chi connectivity index (χ3v) is 1.62. The molecule has 1 aliphatic carbocycles. The van der Waals surface area contributed by atoms with Crippen LogP contribution in [-0.2, 0) is 9.53 Å². The van der Waals surface area contributed by atoms with E-state index in [-0.39, 0.29) is 5.78 Å². The van der Waals surface area contributed by atoms with E-state index in [4.69, 9.17) is 9.84 Å². The van der Waals surface area contributed by atoms with Gasteiger partial charge in [0.15, 0.2) is 11.5 Å². The zero-order valence-corrected chi connectivity index (χ0v) is 6.33. The van der Waals surface area contributed by atoms with Crippen molar-refractivity contribution in [1.82, 2.24) is 0 Å². The van der Waals surface area contributed by atoms with Crippen LogP contribution in [0.3, 0.4) is 0 Å². The van der Waals surface area contributed by atoms with Crippen LogP contribution < -0.4 is 0 Å². The molecular formula is C8H10O3. The SMILES string of the molecule is COC1=CC(=CO)CCC1=O. The van der Waals surface area contributed by atoms with Gasteiger partial charge in [0, 0.05) is 6.42 Å². The Morgan fingerprint density at radius 2 is 2.36 bits per heavy atom. The largest absolute Gasteiger partial charge is 0.515 e. The topological polar surface area (TPSA) is 46.5 Å². The number of aliphatic hydroxyl groups excluding tert-OH is 1. The predicted molar refractivity (Wildman–Crippen MR) is 40.0 cm³/mol. The third kappa shape index (κ3) is 1.61. The minimum absolute atomic E-state index is 0.00176. The van der Waals surface area contributed by atoms with Crippen LogP contribution in [0.15, 0.2) is 23.7 Å². The highest BCUT2D eigenvalue weighted by Gasteiger charge is 2.16. The number of ketones is 1. The maximum atomic E-state index is 11.0. The average Bonchev–Trinajstić information content (AvgIpc) is 2.05. The molecule has 0 amide bonds. The molecule has 0 atom stereocenters. The second-order valence-corrected chi connectivity index (χ2v) is 2.34. The number of ether oxygens (including phenoxy) is 1. The first-order valence-corrected chi connectivity index (χ1v) is 3.40. The van der Waals surface area contributed by atoms with Crippen LogP contribution in [-0.4, -0.2) is 18.0 Å². The Bertz CT molecular complexity index is 225. The first-order valence-electron chi connectivity index (χ1n) is 3.40. The number of Topliss-reactive ketones (excluding diaryl/α,β-unsaturated/α-hetero) is 1. The van der Waals surface area contributed by atoms with Crippen molar-refractivity contribution in [3.63, 3.8) is 0 Å². The van der Waals surface area contributed by atoms with Gasteiger partial charge in [-0.15, -0.1) is 0 Å². The Kier molecular flexibility index (Phi) is 2.31. The molecule has 1 aliphatic rings. The fourth-order valence-corrected chi connectivity index (χ4v) is 0.977. The van der Waals surface area contributed by atoms with Crippen LogP contribution >= 0.6 is 0 Å². The van der Waals surface area contributed by atoms with Gasteiger partial charge in [0.25, 0.3) is 0 Å². The summed E-state index contributed by atoms with van der Waals surface area (Å²) in [5.41, 5.74) is 0.737. The second-order valence-electron chi connectivity index (χ2n) is 2.34. The molecule has 0 saturated heterocycles. The lowest BCUT2D eigenvalue weighted by Gasteiger charge is -2.11. The molecule has 0 aromatic heterocycles. The highest BCUT2D eigenvalue weighted by molar-refractivity contribution is 5.95. The summed E-state index contributed by atoms with van der Waals surface area (Å²) in [6.45, 7) is 0. The summed E-state index contributed by atoms with van der Waals surface area (Å²) in [4.78, 5) is 11.0. The van der Waals surface area contributed by atoms with Crippen LogP contribution in [0.5, 0.6) is 0 Å². The van der Waals surface area contributed by atoms with E-state index in [0.29, 0.717) is 18.6 Å². The van der Waals surface area contributed by atoms with E-state index in [1.54, 1.807) is 6.08 Å². The number of aliphatic hydroxyl groups is 1. The number of hydrogen-bond acceptors (Lipinski definition) is 3. The molecule has 1 rings (SSSR count). The summed E-state index contributed by atoms with van der Waals surface area (Å²) in [7, 11) is 1.45.